The third-order valence-corrected chi connectivity index (χ3v) is 3.10. The summed E-state index contributed by atoms with van der Waals surface area (Å²) in [4.78, 5) is 2.41. The molecular formula is C11H23NO2. The van der Waals surface area contributed by atoms with Gasteiger partial charge in [0.1, 0.15) is 0 Å². The van der Waals surface area contributed by atoms with Crippen molar-refractivity contribution in [1.82, 2.24) is 4.90 Å². The number of ether oxygens (including phenoxy) is 1. The van der Waals surface area contributed by atoms with Gasteiger partial charge in [-0.1, -0.05) is 13.3 Å². The van der Waals surface area contributed by atoms with Gasteiger partial charge in [-0.2, -0.15) is 0 Å². The molecular weight excluding hydrogens is 178 g/mol. The standard InChI is InChI=1S/C11H23NO2/c1-11(10-13)5-3-4-6-12(9-11)7-8-14-2/h13H,3-10H2,1-2H3. The lowest BCUT2D eigenvalue weighted by atomic mass is 9.86. The van der Waals surface area contributed by atoms with Gasteiger partial charge in [0, 0.05) is 32.2 Å². The summed E-state index contributed by atoms with van der Waals surface area (Å²) in [6.07, 6.45) is 3.63. The average Bonchev–Trinajstić information content (AvgIpc) is 2.38. The molecule has 0 aromatic rings. The second-order valence-corrected chi connectivity index (χ2v) is 4.69. The Morgan fingerprint density at radius 3 is 2.86 bits per heavy atom. The van der Waals surface area contributed by atoms with Gasteiger partial charge in [0.15, 0.2) is 0 Å². The highest BCUT2D eigenvalue weighted by molar-refractivity contribution is 4.81. The Balaban J connectivity index is 2.43. The Labute approximate surface area is 87.1 Å². The minimum atomic E-state index is 0.101. The van der Waals surface area contributed by atoms with Crippen molar-refractivity contribution in [1.29, 1.82) is 0 Å². The van der Waals surface area contributed by atoms with E-state index in [1.54, 1.807) is 7.11 Å². The van der Waals surface area contributed by atoms with E-state index in [-0.39, 0.29) is 5.41 Å². The summed E-state index contributed by atoms with van der Waals surface area (Å²) in [6.45, 7) is 6.42. The SMILES string of the molecule is COCCN1CCCCC(C)(CO)C1. The number of aliphatic hydroxyl groups is 1. The molecule has 1 unspecified atom stereocenters. The third kappa shape index (κ3) is 3.56. The second-order valence-electron chi connectivity index (χ2n) is 4.69. The molecule has 1 N–H and O–H groups in total. The molecule has 1 aliphatic rings. The van der Waals surface area contributed by atoms with Crippen LogP contribution in [0.4, 0.5) is 0 Å². The number of methoxy groups -OCH3 is 1. The number of hydrogen-bond acceptors (Lipinski definition) is 3. The molecule has 1 rings (SSSR count). The zero-order chi connectivity index (χ0) is 10.4. The van der Waals surface area contributed by atoms with E-state index in [1.165, 1.54) is 12.8 Å². The van der Waals surface area contributed by atoms with Crippen LogP contribution < -0.4 is 0 Å². The minimum Gasteiger partial charge on any atom is -0.396 e. The normalized spacial score (nSPS) is 30.2. The maximum atomic E-state index is 9.36. The molecule has 1 aliphatic heterocycles. The predicted octanol–water partition coefficient (Wildman–Crippen LogP) is 1.12. The zero-order valence-corrected chi connectivity index (χ0v) is 9.46. The molecule has 0 spiro atoms. The van der Waals surface area contributed by atoms with Crippen molar-refractivity contribution in [2.75, 3.05) is 40.0 Å². The molecule has 0 saturated carbocycles. The number of rotatable bonds is 4. The molecule has 0 radical (unpaired) electrons. The van der Waals surface area contributed by atoms with E-state index in [9.17, 15) is 5.11 Å². The lowest BCUT2D eigenvalue weighted by Gasteiger charge is -2.31. The van der Waals surface area contributed by atoms with Crippen LogP contribution in [0, 0.1) is 5.41 Å². The fraction of sp³-hybridized carbons (Fsp3) is 1.00. The second kappa shape index (κ2) is 5.69. The van der Waals surface area contributed by atoms with Gasteiger partial charge in [0.05, 0.1) is 6.61 Å². The first-order chi connectivity index (χ1) is 6.70. The van der Waals surface area contributed by atoms with Gasteiger partial charge in [0.2, 0.25) is 0 Å². The van der Waals surface area contributed by atoms with E-state index in [2.05, 4.69) is 11.8 Å². The number of hydrogen-bond donors (Lipinski definition) is 1. The fourth-order valence-electron chi connectivity index (χ4n) is 2.13. The number of likely N-dealkylation sites (tertiary alicyclic amines) is 1. The number of nitrogens with zero attached hydrogens (tertiary/aromatic N) is 1. The van der Waals surface area contributed by atoms with Crippen LogP contribution in [0.5, 0.6) is 0 Å². The van der Waals surface area contributed by atoms with Crippen LogP contribution in [0.3, 0.4) is 0 Å². The third-order valence-electron chi connectivity index (χ3n) is 3.10. The molecule has 0 aromatic heterocycles. The summed E-state index contributed by atoms with van der Waals surface area (Å²) >= 11 is 0. The summed E-state index contributed by atoms with van der Waals surface area (Å²) in [7, 11) is 1.74. The average molecular weight is 201 g/mol. The molecule has 84 valence electrons. The first kappa shape index (κ1) is 12.0. The number of aliphatic hydroxyl groups excluding tert-OH is 1. The van der Waals surface area contributed by atoms with Crippen LogP contribution in [-0.4, -0.2) is 50.0 Å². The Bertz CT molecular complexity index is 163. The fourth-order valence-corrected chi connectivity index (χ4v) is 2.13. The molecule has 14 heavy (non-hydrogen) atoms. The molecule has 1 fully saturated rings. The highest BCUT2D eigenvalue weighted by Gasteiger charge is 2.28. The summed E-state index contributed by atoms with van der Waals surface area (Å²) in [5, 5.41) is 9.36. The van der Waals surface area contributed by atoms with E-state index < -0.39 is 0 Å². The topological polar surface area (TPSA) is 32.7 Å². The van der Waals surface area contributed by atoms with E-state index in [1.807, 2.05) is 0 Å². The molecule has 0 aliphatic carbocycles. The monoisotopic (exact) mass is 201 g/mol. The van der Waals surface area contributed by atoms with Crippen molar-refractivity contribution in [2.24, 2.45) is 5.41 Å². The van der Waals surface area contributed by atoms with E-state index >= 15 is 0 Å². The van der Waals surface area contributed by atoms with Crippen LogP contribution >= 0.6 is 0 Å². The largest absolute Gasteiger partial charge is 0.396 e. The molecule has 0 amide bonds. The van der Waals surface area contributed by atoms with Gasteiger partial charge >= 0.3 is 0 Å². The maximum absolute atomic E-state index is 9.36. The van der Waals surface area contributed by atoms with E-state index in [0.29, 0.717) is 6.61 Å². The highest BCUT2D eigenvalue weighted by atomic mass is 16.5. The molecule has 1 saturated heterocycles. The lowest BCUT2D eigenvalue weighted by molar-refractivity contribution is 0.0789. The summed E-state index contributed by atoms with van der Waals surface area (Å²) < 4.78 is 5.08. The lowest BCUT2D eigenvalue weighted by Crippen LogP contribution is -2.38. The van der Waals surface area contributed by atoms with Crippen molar-refractivity contribution in [3.63, 3.8) is 0 Å². The smallest absolute Gasteiger partial charge is 0.0589 e. The molecule has 0 aromatic carbocycles. The van der Waals surface area contributed by atoms with Gasteiger partial charge in [-0.25, -0.2) is 0 Å². The zero-order valence-electron chi connectivity index (χ0n) is 9.46. The van der Waals surface area contributed by atoms with Gasteiger partial charge < -0.3 is 14.7 Å². The molecule has 1 atom stereocenters. The summed E-state index contributed by atoms with van der Waals surface area (Å²) in [5.41, 5.74) is 0.101. The van der Waals surface area contributed by atoms with Gasteiger partial charge in [-0.15, -0.1) is 0 Å². The first-order valence-corrected chi connectivity index (χ1v) is 5.52. The maximum Gasteiger partial charge on any atom is 0.0589 e. The van der Waals surface area contributed by atoms with Crippen molar-refractivity contribution in [3.05, 3.63) is 0 Å². The molecule has 0 bridgehead atoms. The van der Waals surface area contributed by atoms with Crippen molar-refractivity contribution < 1.29 is 9.84 Å². The first-order valence-electron chi connectivity index (χ1n) is 5.52. The van der Waals surface area contributed by atoms with Crippen molar-refractivity contribution in [2.45, 2.75) is 26.2 Å². The summed E-state index contributed by atoms with van der Waals surface area (Å²) in [6, 6.07) is 0. The van der Waals surface area contributed by atoms with Gasteiger partial charge in [-0.3, -0.25) is 0 Å². The van der Waals surface area contributed by atoms with Crippen LogP contribution in [0.2, 0.25) is 0 Å². The Hall–Kier alpha value is -0.120. The predicted molar refractivity (Wildman–Crippen MR) is 57.4 cm³/mol. The highest BCUT2D eigenvalue weighted by Crippen LogP contribution is 2.27. The molecule has 3 heteroatoms. The Morgan fingerprint density at radius 2 is 2.21 bits per heavy atom. The summed E-state index contributed by atoms with van der Waals surface area (Å²) in [5.74, 6) is 0. The van der Waals surface area contributed by atoms with Gasteiger partial charge in [0.25, 0.3) is 0 Å². The van der Waals surface area contributed by atoms with Crippen molar-refractivity contribution in [3.8, 4) is 0 Å². The minimum absolute atomic E-state index is 0.101. The Kier molecular flexibility index (Phi) is 4.85. The molecule has 1 heterocycles. The van der Waals surface area contributed by atoms with E-state index in [0.717, 1.165) is 32.7 Å². The van der Waals surface area contributed by atoms with E-state index in [4.69, 9.17) is 4.74 Å². The van der Waals surface area contributed by atoms with Crippen LogP contribution in [0.25, 0.3) is 0 Å². The quantitative estimate of drug-likeness (QED) is 0.740. The van der Waals surface area contributed by atoms with Gasteiger partial charge in [-0.05, 0) is 19.4 Å². The van der Waals surface area contributed by atoms with Crippen LogP contribution in [0.1, 0.15) is 26.2 Å². The van der Waals surface area contributed by atoms with Crippen LogP contribution in [-0.2, 0) is 4.74 Å². The Morgan fingerprint density at radius 1 is 1.43 bits per heavy atom. The molecule has 3 nitrogen and oxygen atoms in total. The van der Waals surface area contributed by atoms with Crippen LogP contribution in [0.15, 0.2) is 0 Å². The van der Waals surface area contributed by atoms with Crippen molar-refractivity contribution >= 4 is 0 Å².